The van der Waals surface area contributed by atoms with Crippen molar-refractivity contribution < 1.29 is 46.6 Å². The number of nitrogens with one attached hydrogen (secondary N) is 3. The van der Waals surface area contributed by atoms with E-state index in [9.17, 15) is 37.1 Å². The molecule has 3 rings (SSSR count). The van der Waals surface area contributed by atoms with Crippen molar-refractivity contribution in [2.45, 2.75) is 122 Å². The Labute approximate surface area is 332 Å². The van der Waals surface area contributed by atoms with Crippen LogP contribution in [0.5, 0.6) is 0 Å². The number of aromatic nitrogens is 1. The van der Waals surface area contributed by atoms with Crippen LogP contribution in [0.1, 0.15) is 118 Å². The Morgan fingerprint density at radius 2 is 1.68 bits per heavy atom. The monoisotopic (exact) mass is 809 g/mol. The van der Waals surface area contributed by atoms with E-state index in [-0.39, 0.29) is 48.6 Å². The molecule has 56 heavy (non-hydrogen) atoms. The largest absolute Gasteiger partial charge is 0.469 e. The van der Waals surface area contributed by atoms with Crippen LogP contribution in [0.15, 0.2) is 29.6 Å². The third-order valence-electron chi connectivity index (χ3n) is 10.3. The molecule has 1 aromatic heterocycles. The molecule has 5 atom stereocenters. The van der Waals surface area contributed by atoms with E-state index in [2.05, 4.69) is 20.9 Å². The van der Waals surface area contributed by atoms with Gasteiger partial charge in [-0.15, -0.1) is 11.3 Å². The zero-order valence-corrected chi connectivity index (χ0v) is 34.3. The summed E-state index contributed by atoms with van der Waals surface area (Å²) in [6, 6.07) is 2.83. The van der Waals surface area contributed by atoms with Crippen molar-refractivity contribution in [1.82, 2.24) is 25.8 Å². The van der Waals surface area contributed by atoms with E-state index < -0.39 is 59.7 Å². The number of carbonyl (C=O) groups excluding carboxylic acids is 5. The van der Waals surface area contributed by atoms with Gasteiger partial charge in [-0.05, 0) is 81.6 Å². The number of hydrogen-bond acceptors (Lipinski definition) is 10. The zero-order valence-electron chi connectivity index (χ0n) is 33.5. The van der Waals surface area contributed by atoms with Gasteiger partial charge < -0.3 is 30.3 Å². The van der Waals surface area contributed by atoms with Gasteiger partial charge in [0.1, 0.15) is 16.7 Å². The van der Waals surface area contributed by atoms with Crippen molar-refractivity contribution in [2.75, 3.05) is 27.7 Å². The van der Waals surface area contributed by atoms with Crippen LogP contribution in [0.4, 0.5) is 13.2 Å². The Hall–Kier alpha value is -4.05. The molecular weight excluding hydrogens is 752 g/mol. The van der Waals surface area contributed by atoms with Crippen LogP contribution in [-0.2, 0) is 41.2 Å². The quantitative estimate of drug-likeness (QED) is 0.0926. The van der Waals surface area contributed by atoms with E-state index in [1.165, 1.54) is 31.5 Å². The van der Waals surface area contributed by atoms with E-state index in [4.69, 9.17) is 9.47 Å². The highest BCUT2D eigenvalue weighted by molar-refractivity contribution is 7.09. The van der Waals surface area contributed by atoms with E-state index in [1.807, 2.05) is 20.9 Å². The van der Waals surface area contributed by atoms with Crippen molar-refractivity contribution >= 4 is 41.0 Å². The minimum Gasteiger partial charge on any atom is -0.469 e. The first kappa shape index (κ1) is 46.3. The predicted octanol–water partition coefficient (Wildman–Crippen LogP) is 6.24. The molecule has 1 aliphatic rings. The maximum atomic E-state index is 14.1. The van der Waals surface area contributed by atoms with Gasteiger partial charge in [0.15, 0.2) is 6.10 Å². The first-order valence-electron chi connectivity index (χ1n) is 19.3. The number of carbonyl (C=O) groups is 5. The highest BCUT2D eigenvalue weighted by Gasteiger charge is 2.39. The number of thiazole rings is 1. The average Bonchev–Trinajstić information content (AvgIpc) is 3.61. The number of rotatable bonds is 22. The maximum Gasteiger partial charge on any atom is 0.416 e. The molecule has 0 bridgehead atoms. The van der Waals surface area contributed by atoms with Crippen LogP contribution in [0.3, 0.4) is 0 Å². The summed E-state index contributed by atoms with van der Waals surface area (Å²) in [7, 11) is 4.83. The predicted molar refractivity (Wildman–Crippen MR) is 206 cm³/mol. The molecule has 312 valence electrons. The lowest BCUT2D eigenvalue weighted by atomic mass is 9.78. The minimum atomic E-state index is -4.50. The van der Waals surface area contributed by atoms with Gasteiger partial charge in [-0.25, -0.2) is 4.98 Å². The summed E-state index contributed by atoms with van der Waals surface area (Å²) in [5.74, 6) is -2.70. The number of alkyl halides is 3. The van der Waals surface area contributed by atoms with Crippen molar-refractivity contribution in [1.29, 1.82) is 0 Å². The number of unbranched alkanes of at least 4 members (excludes halogenated alkanes) is 2. The number of likely N-dealkylation sites (N-methyl/N-ethyl adjacent to an activating group) is 1. The number of amides is 3. The molecule has 1 aromatic carbocycles. The molecule has 0 spiro atoms. The maximum absolute atomic E-state index is 14.1. The highest BCUT2D eigenvalue weighted by atomic mass is 32.1. The number of ether oxygens (including phenoxy) is 2. The second kappa shape index (κ2) is 22.0. The smallest absolute Gasteiger partial charge is 0.416 e. The number of esters is 2. The van der Waals surface area contributed by atoms with Gasteiger partial charge in [0, 0.05) is 44.3 Å². The second-order valence-corrected chi connectivity index (χ2v) is 15.9. The van der Waals surface area contributed by atoms with Crippen LogP contribution in [-0.4, -0.2) is 85.4 Å². The molecule has 0 saturated heterocycles. The summed E-state index contributed by atoms with van der Waals surface area (Å²) >= 11 is 1.11. The van der Waals surface area contributed by atoms with E-state index in [0.717, 1.165) is 68.5 Å². The molecule has 0 aliphatic heterocycles. The lowest BCUT2D eigenvalue weighted by molar-refractivity contribution is -0.149. The summed E-state index contributed by atoms with van der Waals surface area (Å²) in [4.78, 5) is 71.4. The Bertz CT molecular complexity index is 1600. The molecule has 2 aromatic rings. The normalized spacial score (nSPS) is 15.8. The Morgan fingerprint density at radius 1 is 1.00 bits per heavy atom. The van der Waals surface area contributed by atoms with E-state index in [1.54, 1.807) is 18.9 Å². The Balaban J connectivity index is 1.78. The molecule has 1 aliphatic carbocycles. The number of halogens is 3. The Kier molecular flexibility index (Phi) is 18.2. The van der Waals surface area contributed by atoms with Crippen LogP contribution < -0.4 is 16.0 Å². The van der Waals surface area contributed by atoms with Crippen LogP contribution in [0, 0.1) is 17.8 Å². The fourth-order valence-electron chi connectivity index (χ4n) is 6.87. The first-order chi connectivity index (χ1) is 26.4. The molecule has 1 saturated carbocycles. The molecule has 16 heteroatoms. The standard InChI is InChI=1S/C40H58F3N5O7S/c1-24(2)32(48(6)38(52)35(28-12-11-13-28)47-34(50)14-9-8-10-19-44-5)22-33(55-26(4)49)37-46-31(23-56-37)36(51)45-30(20-25(3)39(53)54-7)21-27-15-17-29(18-16-27)40(41,42)43/h15-18,23-25,28,30,32-33,35,44H,8-14,19-22H2,1-7H3,(H,45,51)(H,47,50)/t25-,30+,32+,33+,35-/m0/s1. The molecule has 12 nitrogen and oxygen atoms in total. The van der Waals surface area contributed by atoms with Gasteiger partial charge in [0.25, 0.3) is 5.91 Å². The lowest BCUT2D eigenvalue weighted by Gasteiger charge is -2.39. The van der Waals surface area contributed by atoms with Gasteiger partial charge >= 0.3 is 18.1 Å². The molecule has 0 unspecified atom stereocenters. The topological polar surface area (TPSA) is 156 Å². The van der Waals surface area contributed by atoms with Gasteiger partial charge in [-0.2, -0.15) is 13.2 Å². The summed E-state index contributed by atoms with van der Waals surface area (Å²) < 4.78 is 50.1. The number of nitrogens with zero attached hydrogens (tertiary/aromatic N) is 2. The van der Waals surface area contributed by atoms with Gasteiger partial charge in [0.05, 0.1) is 18.6 Å². The van der Waals surface area contributed by atoms with Crippen LogP contribution >= 0.6 is 11.3 Å². The summed E-state index contributed by atoms with van der Waals surface area (Å²) in [6.45, 7) is 7.68. The Morgan fingerprint density at radius 3 is 2.23 bits per heavy atom. The van der Waals surface area contributed by atoms with Gasteiger partial charge in [-0.3, -0.25) is 24.0 Å². The second-order valence-electron chi connectivity index (χ2n) is 15.0. The van der Waals surface area contributed by atoms with E-state index in [0.29, 0.717) is 17.0 Å². The molecule has 1 heterocycles. The number of methoxy groups -OCH3 is 1. The molecule has 3 N–H and O–H groups in total. The van der Waals surface area contributed by atoms with Crippen LogP contribution in [0.2, 0.25) is 0 Å². The van der Waals surface area contributed by atoms with Gasteiger partial charge in [0.2, 0.25) is 11.8 Å². The SMILES string of the molecule is CNCCCCCC(=O)N[C@H](C(=O)N(C)[C@H](C[C@@H](OC(C)=O)c1nc(C(=O)N[C@@H](Cc2ccc(C(F)(F)F)cc2)C[C@H](C)C(=O)OC)cs1)C(C)C)C1CCC1. The molecule has 3 amide bonds. The van der Waals surface area contributed by atoms with Crippen molar-refractivity contribution in [3.05, 3.63) is 51.5 Å². The van der Waals surface area contributed by atoms with Crippen LogP contribution in [0.25, 0.3) is 0 Å². The molecule has 0 radical (unpaired) electrons. The third kappa shape index (κ3) is 14.2. The highest BCUT2D eigenvalue weighted by Crippen LogP contribution is 2.34. The van der Waals surface area contributed by atoms with Crippen molar-refractivity contribution in [2.24, 2.45) is 17.8 Å². The fraction of sp³-hybridized carbons (Fsp3) is 0.650. The van der Waals surface area contributed by atoms with E-state index >= 15 is 0 Å². The van der Waals surface area contributed by atoms with Crippen molar-refractivity contribution in [3.8, 4) is 0 Å². The summed E-state index contributed by atoms with van der Waals surface area (Å²) in [5, 5.41) is 10.8. The van der Waals surface area contributed by atoms with Gasteiger partial charge in [-0.1, -0.05) is 45.7 Å². The first-order valence-corrected chi connectivity index (χ1v) is 20.2. The molecule has 1 fully saturated rings. The number of benzene rings is 1. The molecular formula is C40H58F3N5O7S. The number of hydrogen-bond donors (Lipinski definition) is 3. The van der Waals surface area contributed by atoms with Crippen molar-refractivity contribution in [3.63, 3.8) is 0 Å². The third-order valence-corrected chi connectivity index (χ3v) is 11.2. The zero-order chi connectivity index (χ0) is 41.6. The minimum absolute atomic E-state index is 0.0227. The summed E-state index contributed by atoms with van der Waals surface area (Å²) in [6.07, 6.45) is 0.649. The summed E-state index contributed by atoms with van der Waals surface area (Å²) in [5.41, 5.74) is -0.259. The fourth-order valence-corrected chi connectivity index (χ4v) is 7.71. The lowest BCUT2D eigenvalue weighted by Crippen LogP contribution is -2.56. The average molecular weight is 810 g/mol.